The van der Waals surface area contributed by atoms with Crippen LogP contribution in [0.25, 0.3) is 11.0 Å². The van der Waals surface area contributed by atoms with Gasteiger partial charge in [0.1, 0.15) is 5.82 Å². The third kappa shape index (κ3) is 8.47. The highest BCUT2D eigenvalue weighted by Crippen LogP contribution is 2.51. The minimum absolute atomic E-state index is 0.0822. The number of carbonyl (C=O) groups is 2. The molecule has 5 heterocycles. The summed E-state index contributed by atoms with van der Waals surface area (Å²) in [6.45, 7) is 6.75. The van der Waals surface area contributed by atoms with Crippen LogP contribution in [0.1, 0.15) is 117 Å². The summed E-state index contributed by atoms with van der Waals surface area (Å²) in [7, 11) is 1.84. The number of alkyl halides is 6. The number of nitrogens with zero attached hydrogens (tertiary/aromatic N) is 5. The number of benzene rings is 5. The standard InChI is InChI=1S/C57H58F6N6O4/c1-53(2,3)38-22-24-41(25-23-38)69-46(35-20-26-42-37(32-35)34-45(64-42)48-18-12-30-67(48)51(70)54(72-4,56(58,59)60)39-14-8-6-9-15-39)28-29-47(69)36-21-27-43-44(33-36)66-50(65-43)49-19-13-31-68(49)52(71)55(73-5,57(61,62)63)40-16-10-7-11-17-40/h6-11,14-17,20-27,32-33,46-49H,12-13,18-19,28-31,34H2,1-5H3,(H,65,66)/t46?,47-,48+,49+,54-,55-/m1/s1. The lowest BCUT2D eigenvalue weighted by Crippen LogP contribution is -2.58. The first-order valence-corrected chi connectivity index (χ1v) is 24.9. The van der Waals surface area contributed by atoms with Crippen LogP contribution in [-0.4, -0.2) is 83.0 Å². The maximum Gasteiger partial charge on any atom is 0.430 e. The number of aromatic amines is 1. The summed E-state index contributed by atoms with van der Waals surface area (Å²) in [5.74, 6) is -1.94. The Hall–Kier alpha value is -6.52. The highest BCUT2D eigenvalue weighted by molar-refractivity contribution is 6.01. The van der Waals surface area contributed by atoms with Crippen LogP contribution < -0.4 is 4.90 Å². The number of rotatable bonds is 11. The number of fused-ring (bicyclic) bond motifs is 2. The molecule has 382 valence electrons. The Morgan fingerprint density at radius 1 is 0.603 bits per heavy atom. The summed E-state index contributed by atoms with van der Waals surface area (Å²) in [6.07, 6.45) is -6.25. The number of methoxy groups -OCH3 is 2. The van der Waals surface area contributed by atoms with E-state index in [0.29, 0.717) is 54.7 Å². The van der Waals surface area contributed by atoms with E-state index >= 15 is 26.3 Å². The van der Waals surface area contributed by atoms with E-state index in [1.165, 1.54) is 63.9 Å². The monoisotopic (exact) mass is 1000 g/mol. The predicted molar refractivity (Wildman–Crippen MR) is 266 cm³/mol. The molecule has 1 aromatic heterocycles. The van der Waals surface area contributed by atoms with E-state index in [4.69, 9.17) is 19.5 Å². The molecular formula is C57H58F6N6O4. The molecule has 3 fully saturated rings. The van der Waals surface area contributed by atoms with Crippen LogP contribution in [0.3, 0.4) is 0 Å². The van der Waals surface area contributed by atoms with Gasteiger partial charge < -0.3 is 29.2 Å². The van der Waals surface area contributed by atoms with E-state index < -0.39 is 47.5 Å². The van der Waals surface area contributed by atoms with Gasteiger partial charge in [-0.25, -0.2) is 4.98 Å². The molecule has 1 N–H and O–H groups in total. The second kappa shape index (κ2) is 18.8. The number of carbonyl (C=O) groups excluding carboxylic acids is 2. The van der Waals surface area contributed by atoms with Gasteiger partial charge in [-0.3, -0.25) is 14.6 Å². The van der Waals surface area contributed by atoms with Gasteiger partial charge in [0.25, 0.3) is 23.0 Å². The highest BCUT2D eigenvalue weighted by Gasteiger charge is 2.66. The molecule has 4 aliphatic rings. The fourth-order valence-corrected chi connectivity index (χ4v) is 11.9. The van der Waals surface area contributed by atoms with E-state index in [2.05, 4.69) is 67.1 Å². The van der Waals surface area contributed by atoms with E-state index in [-0.39, 0.29) is 41.7 Å². The summed E-state index contributed by atoms with van der Waals surface area (Å²) in [6, 6.07) is 33.3. The van der Waals surface area contributed by atoms with Gasteiger partial charge in [-0.2, -0.15) is 26.3 Å². The number of likely N-dealkylation sites (tertiary alicyclic amines) is 2. The van der Waals surface area contributed by atoms with Crippen molar-refractivity contribution in [2.75, 3.05) is 32.2 Å². The molecule has 0 spiro atoms. The van der Waals surface area contributed by atoms with E-state index in [9.17, 15) is 9.59 Å². The molecule has 10 nitrogen and oxygen atoms in total. The van der Waals surface area contributed by atoms with Crippen molar-refractivity contribution < 1.29 is 45.4 Å². The van der Waals surface area contributed by atoms with E-state index in [1.54, 1.807) is 12.1 Å². The molecule has 0 saturated carbocycles. The van der Waals surface area contributed by atoms with Crippen molar-refractivity contribution in [2.24, 2.45) is 4.99 Å². The predicted octanol–water partition coefficient (Wildman–Crippen LogP) is 12.4. The number of aliphatic imine (C=N–C) groups is 1. The zero-order valence-corrected chi connectivity index (χ0v) is 41.4. The largest absolute Gasteiger partial charge is 0.430 e. The number of aromatic nitrogens is 2. The van der Waals surface area contributed by atoms with Crippen LogP contribution in [0.4, 0.5) is 37.7 Å². The van der Waals surface area contributed by atoms with Crippen LogP contribution in [0.2, 0.25) is 0 Å². The lowest BCUT2D eigenvalue weighted by atomic mass is 9.87. The second-order valence-corrected chi connectivity index (χ2v) is 20.7. The molecule has 16 heteroatoms. The summed E-state index contributed by atoms with van der Waals surface area (Å²) in [5.41, 5.74) is 0.824. The normalized spacial score (nSPS) is 22.1. The van der Waals surface area contributed by atoms with Crippen LogP contribution in [0.5, 0.6) is 0 Å². The number of anilines is 1. The molecule has 1 unspecified atom stereocenters. The maximum absolute atomic E-state index is 15.1. The average molecular weight is 1010 g/mol. The fraction of sp³-hybridized carbons (Fsp3) is 0.404. The van der Waals surface area contributed by atoms with Gasteiger partial charge in [0.05, 0.1) is 40.9 Å². The molecule has 0 aliphatic carbocycles. The van der Waals surface area contributed by atoms with Crippen LogP contribution >= 0.6 is 0 Å². The Bertz CT molecular complexity index is 3050. The molecule has 2 amide bonds. The lowest BCUT2D eigenvalue weighted by Gasteiger charge is -2.38. The fourth-order valence-electron chi connectivity index (χ4n) is 11.9. The molecule has 3 saturated heterocycles. The van der Waals surface area contributed by atoms with Crippen molar-refractivity contribution >= 4 is 39.9 Å². The average Bonchev–Trinajstić information content (AvgIpc) is 4.23. The minimum atomic E-state index is -5.05. The first kappa shape index (κ1) is 50.0. The van der Waals surface area contributed by atoms with E-state index in [0.717, 1.165) is 55.1 Å². The first-order chi connectivity index (χ1) is 34.8. The van der Waals surface area contributed by atoms with Gasteiger partial charge >= 0.3 is 12.4 Å². The molecule has 6 aromatic rings. The Morgan fingerprint density at radius 3 is 1.66 bits per heavy atom. The molecule has 73 heavy (non-hydrogen) atoms. The zero-order valence-electron chi connectivity index (χ0n) is 41.4. The van der Waals surface area contributed by atoms with Crippen LogP contribution in [0.15, 0.2) is 126 Å². The summed E-state index contributed by atoms with van der Waals surface area (Å²) < 4.78 is 101. The van der Waals surface area contributed by atoms with Crippen molar-refractivity contribution in [3.8, 4) is 0 Å². The highest BCUT2D eigenvalue weighted by atomic mass is 19.4. The molecular weight excluding hydrogens is 947 g/mol. The molecule has 4 aliphatic heterocycles. The lowest BCUT2D eigenvalue weighted by molar-refractivity contribution is -0.271. The van der Waals surface area contributed by atoms with Crippen LogP contribution in [0, 0.1) is 0 Å². The zero-order chi connectivity index (χ0) is 51.7. The molecule has 0 radical (unpaired) electrons. The van der Waals surface area contributed by atoms with Crippen LogP contribution in [-0.2, 0) is 42.1 Å². The number of ether oxygens (including phenoxy) is 2. The van der Waals surface area contributed by atoms with Gasteiger partial charge in [-0.1, -0.05) is 112 Å². The number of halogens is 6. The number of nitrogens with one attached hydrogen (secondary N) is 1. The quantitative estimate of drug-likeness (QED) is 0.130. The van der Waals surface area contributed by atoms with E-state index in [1.807, 2.05) is 24.3 Å². The number of amides is 2. The van der Waals surface area contributed by atoms with Crippen molar-refractivity contribution in [3.63, 3.8) is 0 Å². The third-order valence-electron chi connectivity index (χ3n) is 15.6. The number of H-pyrrole nitrogens is 1. The Labute approximate surface area is 420 Å². The number of hydrogen-bond acceptors (Lipinski definition) is 7. The number of imidazole rings is 1. The van der Waals surface area contributed by atoms with Crippen molar-refractivity contribution in [2.45, 2.75) is 119 Å². The molecule has 10 rings (SSSR count). The number of hydrogen-bond donors (Lipinski definition) is 1. The molecule has 6 atom stereocenters. The van der Waals surface area contributed by atoms with Gasteiger partial charge in [-0.15, -0.1) is 0 Å². The second-order valence-electron chi connectivity index (χ2n) is 20.7. The van der Waals surface area contributed by atoms with Gasteiger partial charge in [0.2, 0.25) is 0 Å². The van der Waals surface area contributed by atoms with Gasteiger partial charge in [-0.05, 0) is 96.5 Å². The minimum Gasteiger partial charge on any atom is -0.357 e. The van der Waals surface area contributed by atoms with Crippen molar-refractivity contribution in [3.05, 3.63) is 161 Å². The first-order valence-electron chi connectivity index (χ1n) is 24.9. The van der Waals surface area contributed by atoms with Gasteiger partial charge in [0.15, 0.2) is 0 Å². The SMILES string of the molecule is CO[C@@](C(=O)N1CCC[C@H]1C1=Nc2ccc(C3CC[C@H](c4ccc5nc([C@@H]6CCCN6C(=O)[C@](OC)(c6ccccc6)C(F)(F)F)[nH]c5c4)N3c3ccc(C(C)(C)C)cc3)cc2C1)(c1ccccc1)C(F)(F)F. The molecule has 5 aromatic carbocycles. The summed E-state index contributed by atoms with van der Waals surface area (Å²) >= 11 is 0. The van der Waals surface area contributed by atoms with Crippen molar-refractivity contribution in [1.82, 2.24) is 19.8 Å². The summed E-state index contributed by atoms with van der Waals surface area (Å²) in [5, 5.41) is 0. The maximum atomic E-state index is 15.1. The smallest absolute Gasteiger partial charge is 0.357 e. The Balaban J connectivity index is 0.936. The van der Waals surface area contributed by atoms with Gasteiger partial charge in [0, 0.05) is 56.3 Å². The third-order valence-corrected chi connectivity index (χ3v) is 15.6. The topological polar surface area (TPSA) is 103 Å². The Kier molecular flexibility index (Phi) is 12.9. The Morgan fingerprint density at radius 2 is 1.12 bits per heavy atom. The molecule has 0 bridgehead atoms. The summed E-state index contributed by atoms with van der Waals surface area (Å²) in [4.78, 5) is 46.7. The van der Waals surface area contributed by atoms with Crippen molar-refractivity contribution in [1.29, 1.82) is 0 Å².